The number of carbonyl (C=O) groups excluding carboxylic acids is 1. The van der Waals surface area contributed by atoms with Crippen LogP contribution in [-0.2, 0) is 21.4 Å². The maximum atomic E-state index is 13.4. The topological polar surface area (TPSA) is 75.7 Å². The molecule has 0 aliphatic carbocycles. The van der Waals surface area contributed by atoms with Crippen LogP contribution in [0.4, 0.5) is 0 Å². The standard InChI is InChI=1S/C24H24BrClN2O4S/c1-17(19-5-11-22(32-2)12-6-19)27-24(29)16-28(15-18-3-7-20(25)8-4-18)33(30,31)23-13-9-21(26)10-14-23/h3-14,17H,15-16H2,1-2H3,(H,27,29). The molecule has 3 aromatic rings. The number of ether oxygens (including phenoxy) is 1. The molecule has 9 heteroatoms. The Balaban J connectivity index is 1.81. The molecule has 3 rings (SSSR count). The lowest BCUT2D eigenvalue weighted by atomic mass is 10.1. The van der Waals surface area contributed by atoms with E-state index in [9.17, 15) is 13.2 Å². The number of benzene rings is 3. The summed E-state index contributed by atoms with van der Waals surface area (Å²) in [7, 11) is -2.36. The zero-order valence-corrected chi connectivity index (χ0v) is 21.3. The third-order valence-electron chi connectivity index (χ3n) is 5.04. The summed E-state index contributed by atoms with van der Waals surface area (Å²) in [4.78, 5) is 12.9. The second-order valence-electron chi connectivity index (χ2n) is 7.42. The van der Waals surface area contributed by atoms with Gasteiger partial charge in [0, 0.05) is 16.0 Å². The van der Waals surface area contributed by atoms with E-state index in [2.05, 4.69) is 21.2 Å². The van der Waals surface area contributed by atoms with Gasteiger partial charge in [-0.3, -0.25) is 4.79 Å². The van der Waals surface area contributed by atoms with Gasteiger partial charge in [0.15, 0.2) is 0 Å². The number of nitrogens with zero attached hydrogens (tertiary/aromatic N) is 1. The molecule has 6 nitrogen and oxygen atoms in total. The fourth-order valence-electron chi connectivity index (χ4n) is 3.20. The quantitative estimate of drug-likeness (QED) is 0.398. The fourth-order valence-corrected chi connectivity index (χ4v) is 4.97. The molecular weight excluding hydrogens is 528 g/mol. The van der Waals surface area contributed by atoms with Gasteiger partial charge in [0.25, 0.3) is 0 Å². The van der Waals surface area contributed by atoms with Gasteiger partial charge in [-0.2, -0.15) is 4.31 Å². The first kappa shape index (κ1) is 25.2. The second-order valence-corrected chi connectivity index (χ2v) is 10.7. The van der Waals surface area contributed by atoms with E-state index in [0.717, 1.165) is 19.9 Å². The van der Waals surface area contributed by atoms with Crippen molar-refractivity contribution in [3.8, 4) is 5.75 Å². The van der Waals surface area contributed by atoms with Gasteiger partial charge < -0.3 is 10.1 Å². The summed E-state index contributed by atoms with van der Waals surface area (Å²) < 4.78 is 33.9. The van der Waals surface area contributed by atoms with E-state index in [0.29, 0.717) is 10.8 Å². The average molecular weight is 552 g/mol. The van der Waals surface area contributed by atoms with Crippen LogP contribution in [0.1, 0.15) is 24.1 Å². The molecule has 0 aliphatic heterocycles. The maximum Gasteiger partial charge on any atom is 0.243 e. The Hall–Kier alpha value is -2.39. The summed E-state index contributed by atoms with van der Waals surface area (Å²) in [5, 5.41) is 3.31. The summed E-state index contributed by atoms with van der Waals surface area (Å²) in [6.45, 7) is 1.55. The predicted octanol–water partition coefficient (Wildman–Crippen LogP) is 5.18. The number of carbonyl (C=O) groups is 1. The molecule has 0 saturated heterocycles. The minimum atomic E-state index is -3.95. The number of amides is 1. The number of halogens is 2. The number of hydrogen-bond acceptors (Lipinski definition) is 4. The predicted molar refractivity (Wildman–Crippen MR) is 133 cm³/mol. The summed E-state index contributed by atoms with van der Waals surface area (Å²) in [5.41, 5.74) is 1.64. The van der Waals surface area contributed by atoms with Gasteiger partial charge >= 0.3 is 0 Å². The molecule has 0 aliphatic rings. The van der Waals surface area contributed by atoms with Gasteiger partial charge in [0.1, 0.15) is 5.75 Å². The third-order valence-corrected chi connectivity index (χ3v) is 7.62. The zero-order valence-electron chi connectivity index (χ0n) is 18.2. The highest BCUT2D eigenvalue weighted by Crippen LogP contribution is 2.22. The van der Waals surface area contributed by atoms with Crippen molar-refractivity contribution in [1.82, 2.24) is 9.62 Å². The molecule has 174 valence electrons. The van der Waals surface area contributed by atoms with E-state index in [1.165, 1.54) is 24.3 Å². The summed E-state index contributed by atoms with van der Waals surface area (Å²) in [6.07, 6.45) is 0. The number of rotatable bonds is 9. The van der Waals surface area contributed by atoms with E-state index >= 15 is 0 Å². The zero-order chi connectivity index (χ0) is 24.0. The lowest BCUT2D eigenvalue weighted by Gasteiger charge is -2.23. The fraction of sp³-hybridized carbons (Fsp3) is 0.208. The van der Waals surface area contributed by atoms with E-state index in [4.69, 9.17) is 16.3 Å². The molecule has 0 spiro atoms. The van der Waals surface area contributed by atoms with Crippen LogP contribution in [0.25, 0.3) is 0 Å². The van der Waals surface area contributed by atoms with Crippen LogP contribution in [0, 0.1) is 0 Å². The molecule has 1 atom stereocenters. The Kier molecular flexibility index (Phi) is 8.53. The highest BCUT2D eigenvalue weighted by molar-refractivity contribution is 9.10. The smallest absolute Gasteiger partial charge is 0.243 e. The van der Waals surface area contributed by atoms with E-state index in [1.807, 2.05) is 55.5 Å². The van der Waals surface area contributed by atoms with Crippen LogP contribution in [0.15, 0.2) is 82.2 Å². The SMILES string of the molecule is COc1ccc(C(C)NC(=O)CN(Cc2ccc(Br)cc2)S(=O)(=O)c2ccc(Cl)cc2)cc1. The first-order valence-electron chi connectivity index (χ1n) is 10.1. The summed E-state index contributed by atoms with van der Waals surface area (Å²) in [6, 6.07) is 20.2. The van der Waals surface area contributed by atoms with Crippen molar-refractivity contribution < 1.29 is 17.9 Å². The molecule has 1 amide bonds. The van der Waals surface area contributed by atoms with Gasteiger partial charge in [-0.25, -0.2) is 8.42 Å². The van der Waals surface area contributed by atoms with Crippen molar-refractivity contribution >= 4 is 43.5 Å². The number of methoxy groups -OCH3 is 1. The molecule has 0 aromatic heterocycles. The van der Waals surface area contributed by atoms with E-state index < -0.39 is 15.9 Å². The van der Waals surface area contributed by atoms with Crippen LogP contribution in [0.5, 0.6) is 5.75 Å². The van der Waals surface area contributed by atoms with E-state index in [1.54, 1.807) is 7.11 Å². The highest BCUT2D eigenvalue weighted by Gasteiger charge is 2.27. The van der Waals surface area contributed by atoms with Gasteiger partial charge in [-0.15, -0.1) is 0 Å². The Labute approximate surface area is 207 Å². The van der Waals surface area contributed by atoms with Crippen molar-refractivity contribution in [2.24, 2.45) is 0 Å². The van der Waals surface area contributed by atoms with Crippen LogP contribution in [0.3, 0.4) is 0 Å². The van der Waals surface area contributed by atoms with E-state index in [-0.39, 0.29) is 24.0 Å². The molecule has 33 heavy (non-hydrogen) atoms. The summed E-state index contributed by atoms with van der Waals surface area (Å²) >= 11 is 9.30. The molecule has 0 saturated carbocycles. The Morgan fingerprint density at radius 2 is 1.64 bits per heavy atom. The molecule has 1 unspecified atom stereocenters. The van der Waals surface area contributed by atoms with Gasteiger partial charge in [-0.1, -0.05) is 51.8 Å². The molecule has 0 radical (unpaired) electrons. The first-order chi connectivity index (χ1) is 15.7. The Morgan fingerprint density at radius 3 is 2.21 bits per heavy atom. The minimum absolute atomic E-state index is 0.0442. The Bertz CT molecular complexity index is 1180. The van der Waals surface area contributed by atoms with Crippen LogP contribution < -0.4 is 10.1 Å². The molecule has 1 N–H and O–H groups in total. The Morgan fingerprint density at radius 1 is 1.03 bits per heavy atom. The van der Waals surface area contributed by atoms with Crippen LogP contribution >= 0.6 is 27.5 Å². The molecular formula is C24H24BrClN2O4S. The maximum absolute atomic E-state index is 13.4. The van der Waals surface area contributed by atoms with Crippen molar-refractivity contribution in [1.29, 1.82) is 0 Å². The highest BCUT2D eigenvalue weighted by atomic mass is 79.9. The number of hydrogen-bond donors (Lipinski definition) is 1. The van der Waals surface area contributed by atoms with Crippen molar-refractivity contribution in [3.05, 3.63) is 93.4 Å². The van der Waals surface area contributed by atoms with Crippen molar-refractivity contribution in [3.63, 3.8) is 0 Å². The minimum Gasteiger partial charge on any atom is -0.497 e. The summed E-state index contributed by atoms with van der Waals surface area (Å²) in [5.74, 6) is 0.306. The number of sulfonamides is 1. The molecule has 0 bridgehead atoms. The monoisotopic (exact) mass is 550 g/mol. The lowest BCUT2D eigenvalue weighted by Crippen LogP contribution is -2.41. The van der Waals surface area contributed by atoms with Gasteiger partial charge in [0.2, 0.25) is 15.9 Å². The third kappa shape index (κ3) is 6.80. The molecule has 0 heterocycles. The lowest BCUT2D eigenvalue weighted by molar-refractivity contribution is -0.122. The molecule has 0 fully saturated rings. The first-order valence-corrected chi connectivity index (χ1v) is 12.7. The van der Waals surface area contributed by atoms with Crippen molar-refractivity contribution in [2.75, 3.05) is 13.7 Å². The largest absolute Gasteiger partial charge is 0.497 e. The number of nitrogens with one attached hydrogen (secondary N) is 1. The second kappa shape index (κ2) is 11.2. The van der Waals surface area contributed by atoms with Gasteiger partial charge in [0.05, 0.1) is 24.6 Å². The van der Waals surface area contributed by atoms with Gasteiger partial charge in [-0.05, 0) is 66.6 Å². The van der Waals surface area contributed by atoms with Crippen LogP contribution in [0.2, 0.25) is 5.02 Å². The van der Waals surface area contributed by atoms with Crippen molar-refractivity contribution in [2.45, 2.75) is 24.4 Å². The molecule has 3 aromatic carbocycles. The normalized spacial score (nSPS) is 12.4. The average Bonchev–Trinajstić information content (AvgIpc) is 2.80. The van der Waals surface area contributed by atoms with Crippen LogP contribution in [-0.4, -0.2) is 32.3 Å².